The second kappa shape index (κ2) is 6.06. The molecule has 19 heavy (non-hydrogen) atoms. The molecular formula is C13H18N2O3S. The Morgan fingerprint density at radius 3 is 2.74 bits per heavy atom. The zero-order chi connectivity index (χ0) is 13.8. The molecule has 0 aliphatic heterocycles. The van der Waals surface area contributed by atoms with E-state index < -0.39 is 5.97 Å². The normalized spacial score (nSPS) is 17.5. The summed E-state index contributed by atoms with van der Waals surface area (Å²) in [5, 5.41) is 16.4. The number of aliphatic carboxylic acids is 1. The number of hydrogen-bond acceptors (Lipinski definition) is 3. The summed E-state index contributed by atoms with van der Waals surface area (Å²) in [6, 6.07) is 3.29. The van der Waals surface area contributed by atoms with Gasteiger partial charge in [0.2, 0.25) is 0 Å². The topological polar surface area (TPSA) is 78.4 Å². The predicted molar refractivity (Wildman–Crippen MR) is 73.2 cm³/mol. The summed E-state index contributed by atoms with van der Waals surface area (Å²) in [6.45, 7) is 1.91. The van der Waals surface area contributed by atoms with Crippen molar-refractivity contribution in [1.82, 2.24) is 10.6 Å². The molecule has 2 unspecified atom stereocenters. The monoisotopic (exact) mass is 282 g/mol. The maximum absolute atomic E-state index is 11.9. The first-order valence-corrected chi connectivity index (χ1v) is 7.26. The van der Waals surface area contributed by atoms with Crippen molar-refractivity contribution in [3.8, 4) is 0 Å². The zero-order valence-electron chi connectivity index (χ0n) is 10.8. The molecule has 2 amide bonds. The Morgan fingerprint density at radius 1 is 1.47 bits per heavy atom. The lowest BCUT2D eigenvalue weighted by Gasteiger charge is -2.19. The first kappa shape index (κ1) is 13.9. The Bertz CT molecular complexity index is 443. The molecule has 1 aliphatic rings. The van der Waals surface area contributed by atoms with Gasteiger partial charge in [-0.25, -0.2) is 4.79 Å². The Balaban J connectivity index is 1.83. The van der Waals surface area contributed by atoms with Gasteiger partial charge in [-0.15, -0.1) is 11.3 Å². The highest BCUT2D eigenvalue weighted by atomic mass is 32.1. The molecule has 3 N–H and O–H groups in total. The molecule has 1 heterocycles. The third-order valence-electron chi connectivity index (χ3n) is 3.22. The van der Waals surface area contributed by atoms with E-state index in [2.05, 4.69) is 10.6 Å². The van der Waals surface area contributed by atoms with Gasteiger partial charge in [0.25, 0.3) is 0 Å². The molecule has 1 aromatic heterocycles. The summed E-state index contributed by atoms with van der Waals surface area (Å²) < 4.78 is 0. The van der Waals surface area contributed by atoms with E-state index >= 15 is 0 Å². The second-order valence-corrected chi connectivity index (χ2v) is 5.88. The first-order valence-electron chi connectivity index (χ1n) is 6.38. The Labute approximate surface area is 116 Å². The van der Waals surface area contributed by atoms with E-state index in [4.69, 9.17) is 5.11 Å². The third-order valence-corrected chi connectivity index (χ3v) is 4.27. The number of carboxylic acids is 1. The number of carbonyl (C=O) groups excluding carboxylic acids is 1. The van der Waals surface area contributed by atoms with Crippen molar-refractivity contribution < 1.29 is 14.7 Å². The summed E-state index contributed by atoms with van der Waals surface area (Å²) in [4.78, 5) is 23.7. The van der Waals surface area contributed by atoms with Crippen molar-refractivity contribution in [2.24, 2.45) is 5.92 Å². The number of amides is 2. The van der Waals surface area contributed by atoms with Gasteiger partial charge < -0.3 is 15.7 Å². The van der Waals surface area contributed by atoms with Crippen LogP contribution in [0.15, 0.2) is 17.5 Å². The van der Waals surface area contributed by atoms with Gasteiger partial charge in [-0.05, 0) is 37.1 Å². The number of rotatable bonds is 6. The van der Waals surface area contributed by atoms with Crippen molar-refractivity contribution in [2.45, 2.75) is 38.3 Å². The van der Waals surface area contributed by atoms with Crippen molar-refractivity contribution in [2.75, 3.05) is 0 Å². The minimum absolute atomic E-state index is 0.00846. The maximum atomic E-state index is 11.9. The van der Waals surface area contributed by atoms with Crippen LogP contribution >= 0.6 is 11.3 Å². The van der Waals surface area contributed by atoms with Gasteiger partial charge in [0.05, 0.1) is 12.5 Å². The number of carbonyl (C=O) groups is 2. The molecule has 1 fully saturated rings. The van der Waals surface area contributed by atoms with Crippen LogP contribution in [0.5, 0.6) is 0 Å². The summed E-state index contributed by atoms with van der Waals surface area (Å²) >= 11 is 1.58. The number of urea groups is 1. The number of hydrogen-bond donors (Lipinski definition) is 3. The minimum atomic E-state index is -0.872. The smallest absolute Gasteiger partial charge is 0.315 e. The van der Waals surface area contributed by atoms with Gasteiger partial charge in [-0.3, -0.25) is 4.79 Å². The summed E-state index contributed by atoms with van der Waals surface area (Å²) in [7, 11) is 0. The van der Waals surface area contributed by atoms with Crippen LogP contribution < -0.4 is 10.6 Å². The lowest BCUT2D eigenvalue weighted by Crippen LogP contribution is -2.44. The van der Waals surface area contributed by atoms with Crippen LogP contribution in [0.25, 0.3) is 0 Å². The van der Waals surface area contributed by atoms with Gasteiger partial charge in [0.15, 0.2) is 0 Å². The highest BCUT2D eigenvalue weighted by Gasteiger charge is 2.33. The molecule has 2 atom stereocenters. The first-order chi connectivity index (χ1) is 9.06. The standard InChI is InChI=1S/C13H18N2O3S/c1-8(11-3-2-6-19-11)14-13(18)15-10(7-12(16)17)9-4-5-9/h2-3,6,8-10H,4-5,7H2,1H3,(H,16,17)(H2,14,15,18). The molecular weight excluding hydrogens is 264 g/mol. The van der Waals surface area contributed by atoms with Gasteiger partial charge in [0, 0.05) is 10.9 Å². The van der Waals surface area contributed by atoms with Crippen LogP contribution in [0.4, 0.5) is 4.79 Å². The van der Waals surface area contributed by atoms with Crippen LogP contribution in [0, 0.1) is 5.92 Å². The van der Waals surface area contributed by atoms with Crippen molar-refractivity contribution in [1.29, 1.82) is 0 Å². The van der Waals surface area contributed by atoms with E-state index in [0.717, 1.165) is 17.7 Å². The van der Waals surface area contributed by atoms with Gasteiger partial charge in [-0.1, -0.05) is 6.07 Å². The molecule has 0 spiro atoms. The fourth-order valence-corrected chi connectivity index (χ4v) is 2.77. The number of carboxylic acid groups (broad SMARTS) is 1. The van der Waals surface area contributed by atoms with E-state index in [1.54, 1.807) is 11.3 Å². The predicted octanol–water partition coefficient (Wildman–Crippen LogP) is 2.36. The summed E-state index contributed by atoms with van der Waals surface area (Å²) in [5.41, 5.74) is 0. The molecule has 1 aromatic rings. The third kappa shape index (κ3) is 4.24. The van der Waals surface area contributed by atoms with Gasteiger partial charge in [0.1, 0.15) is 0 Å². The fourth-order valence-electron chi connectivity index (χ4n) is 2.04. The van der Waals surface area contributed by atoms with Crippen molar-refractivity contribution in [3.05, 3.63) is 22.4 Å². The van der Waals surface area contributed by atoms with Crippen LogP contribution in [-0.2, 0) is 4.79 Å². The van der Waals surface area contributed by atoms with E-state index in [0.29, 0.717) is 5.92 Å². The van der Waals surface area contributed by atoms with E-state index in [1.807, 2.05) is 24.4 Å². The molecule has 0 aromatic carbocycles. The fraction of sp³-hybridized carbons (Fsp3) is 0.538. The van der Waals surface area contributed by atoms with Crippen LogP contribution in [0.2, 0.25) is 0 Å². The molecule has 1 aliphatic carbocycles. The zero-order valence-corrected chi connectivity index (χ0v) is 11.6. The molecule has 0 radical (unpaired) electrons. The number of nitrogens with one attached hydrogen (secondary N) is 2. The number of thiophene rings is 1. The molecule has 2 rings (SSSR count). The van der Waals surface area contributed by atoms with E-state index in [-0.39, 0.29) is 24.5 Å². The van der Waals surface area contributed by atoms with Crippen molar-refractivity contribution in [3.63, 3.8) is 0 Å². The second-order valence-electron chi connectivity index (χ2n) is 4.90. The Hall–Kier alpha value is -1.56. The Kier molecular flexibility index (Phi) is 4.42. The van der Waals surface area contributed by atoms with Crippen LogP contribution in [0.1, 0.15) is 37.1 Å². The quantitative estimate of drug-likeness (QED) is 0.749. The average molecular weight is 282 g/mol. The molecule has 0 saturated heterocycles. The molecule has 5 nitrogen and oxygen atoms in total. The van der Waals surface area contributed by atoms with Gasteiger partial charge in [-0.2, -0.15) is 0 Å². The van der Waals surface area contributed by atoms with Crippen LogP contribution in [0.3, 0.4) is 0 Å². The van der Waals surface area contributed by atoms with E-state index in [1.165, 1.54) is 0 Å². The molecule has 104 valence electrons. The Morgan fingerprint density at radius 2 is 2.21 bits per heavy atom. The molecule has 6 heteroatoms. The summed E-state index contributed by atoms with van der Waals surface area (Å²) in [5.74, 6) is -0.553. The summed E-state index contributed by atoms with van der Waals surface area (Å²) in [6.07, 6.45) is 1.99. The minimum Gasteiger partial charge on any atom is -0.481 e. The highest BCUT2D eigenvalue weighted by Crippen LogP contribution is 2.34. The highest BCUT2D eigenvalue weighted by molar-refractivity contribution is 7.10. The average Bonchev–Trinajstić information content (AvgIpc) is 3.02. The van der Waals surface area contributed by atoms with E-state index in [9.17, 15) is 9.59 Å². The largest absolute Gasteiger partial charge is 0.481 e. The lowest BCUT2D eigenvalue weighted by molar-refractivity contribution is -0.137. The lowest BCUT2D eigenvalue weighted by atomic mass is 10.1. The van der Waals surface area contributed by atoms with Gasteiger partial charge >= 0.3 is 12.0 Å². The van der Waals surface area contributed by atoms with Crippen LogP contribution in [-0.4, -0.2) is 23.1 Å². The van der Waals surface area contributed by atoms with Crippen molar-refractivity contribution >= 4 is 23.3 Å². The maximum Gasteiger partial charge on any atom is 0.315 e. The molecule has 1 saturated carbocycles. The SMILES string of the molecule is CC(NC(=O)NC(CC(=O)O)C1CC1)c1cccs1. The molecule has 0 bridgehead atoms.